The summed E-state index contributed by atoms with van der Waals surface area (Å²) in [7, 11) is 0. The summed E-state index contributed by atoms with van der Waals surface area (Å²) in [5.74, 6) is -1.03. The Hall–Kier alpha value is -1.61. The molecule has 1 atom stereocenters. The Morgan fingerprint density at radius 2 is 2.00 bits per heavy atom. The number of aromatic nitrogens is 2. The van der Waals surface area contributed by atoms with E-state index in [1.165, 1.54) is 11.6 Å². The average molecular weight is 339 g/mol. The Labute approximate surface area is 129 Å². The minimum atomic E-state index is -5.02. The summed E-state index contributed by atoms with van der Waals surface area (Å²) >= 11 is 5.93. The molecule has 1 aromatic rings. The number of carbonyl (C=O) groups excluding carboxylic acids is 1. The lowest BCUT2D eigenvalue weighted by molar-refractivity contribution is -0.302. The second-order valence-corrected chi connectivity index (χ2v) is 5.55. The van der Waals surface area contributed by atoms with E-state index >= 15 is 0 Å². The van der Waals surface area contributed by atoms with Crippen LogP contribution in [0.25, 0.3) is 0 Å². The highest BCUT2D eigenvalue weighted by molar-refractivity contribution is 6.31. The largest absolute Gasteiger partial charge is 0.438 e. The van der Waals surface area contributed by atoms with Crippen LogP contribution >= 0.6 is 11.6 Å². The van der Waals surface area contributed by atoms with Crippen LogP contribution in [0.3, 0.4) is 0 Å². The fraction of sp³-hybridized carbons (Fsp3) is 0.583. The van der Waals surface area contributed by atoms with Crippen molar-refractivity contribution >= 4 is 23.2 Å². The smallest absolute Gasteiger partial charge is 0.362 e. The van der Waals surface area contributed by atoms with Crippen molar-refractivity contribution in [2.24, 2.45) is 5.10 Å². The third kappa shape index (κ3) is 2.58. The molecule has 2 heterocycles. The molecular formula is C12H14ClF3N4O2. The molecule has 1 aliphatic rings. The number of hydrogen-bond acceptors (Lipinski definition) is 4. The molecule has 0 bridgehead atoms. The van der Waals surface area contributed by atoms with Gasteiger partial charge in [-0.3, -0.25) is 9.48 Å². The fourth-order valence-corrected chi connectivity index (χ4v) is 2.36. The average Bonchev–Trinajstić information content (AvgIpc) is 2.82. The van der Waals surface area contributed by atoms with Gasteiger partial charge < -0.3 is 5.11 Å². The van der Waals surface area contributed by atoms with Crippen LogP contribution in [-0.2, 0) is 11.3 Å². The minimum Gasteiger partial charge on any atom is -0.362 e. The summed E-state index contributed by atoms with van der Waals surface area (Å²) in [4.78, 5) is 12.2. The first-order valence-corrected chi connectivity index (χ1v) is 6.71. The van der Waals surface area contributed by atoms with Crippen LogP contribution in [0.1, 0.15) is 24.7 Å². The maximum absolute atomic E-state index is 13.1. The summed E-state index contributed by atoms with van der Waals surface area (Å²) < 4.78 is 40.3. The monoisotopic (exact) mass is 338 g/mol. The zero-order chi connectivity index (χ0) is 16.9. The molecule has 6 nitrogen and oxygen atoms in total. The first-order valence-electron chi connectivity index (χ1n) is 6.33. The van der Waals surface area contributed by atoms with Crippen LogP contribution in [0.15, 0.2) is 5.10 Å². The molecule has 0 aromatic carbocycles. The van der Waals surface area contributed by atoms with Gasteiger partial charge >= 0.3 is 6.18 Å². The number of rotatable bonds is 2. The lowest BCUT2D eigenvalue weighted by Gasteiger charge is -2.32. The predicted octanol–water partition coefficient (Wildman–Crippen LogP) is 2.01. The molecule has 1 aromatic heterocycles. The van der Waals surface area contributed by atoms with Crippen molar-refractivity contribution in [3.05, 3.63) is 16.4 Å². The second-order valence-electron chi connectivity index (χ2n) is 5.17. The topological polar surface area (TPSA) is 70.7 Å². The summed E-state index contributed by atoms with van der Waals surface area (Å²) in [5.41, 5.74) is -2.41. The normalized spacial score (nSPS) is 22.2. The van der Waals surface area contributed by atoms with Gasteiger partial charge in [-0.1, -0.05) is 11.6 Å². The molecule has 1 N–H and O–H groups in total. The number of aliphatic hydroxyl groups is 1. The summed E-state index contributed by atoms with van der Waals surface area (Å²) in [6.45, 7) is 4.00. The second kappa shape index (κ2) is 5.24. The van der Waals surface area contributed by atoms with Crippen molar-refractivity contribution < 1.29 is 23.1 Å². The first kappa shape index (κ1) is 16.8. The van der Waals surface area contributed by atoms with E-state index in [9.17, 15) is 23.1 Å². The lowest BCUT2D eigenvalue weighted by atomic mass is 10.1. The molecule has 10 heteroatoms. The van der Waals surface area contributed by atoms with Crippen LogP contribution in [0.2, 0.25) is 5.02 Å². The highest BCUT2D eigenvalue weighted by Crippen LogP contribution is 2.40. The Morgan fingerprint density at radius 1 is 1.41 bits per heavy atom. The predicted molar refractivity (Wildman–Crippen MR) is 72.3 cm³/mol. The number of aryl methyl sites for hydroxylation is 1. The molecule has 1 amide bonds. The molecule has 2 rings (SSSR count). The van der Waals surface area contributed by atoms with Gasteiger partial charge in [-0.25, -0.2) is 0 Å². The molecule has 0 aliphatic carbocycles. The number of nitrogens with zero attached hydrogens (tertiary/aromatic N) is 4. The molecule has 22 heavy (non-hydrogen) atoms. The molecule has 0 fully saturated rings. The Bertz CT molecular complexity index is 656. The van der Waals surface area contributed by atoms with Crippen LogP contribution in [0, 0.1) is 13.8 Å². The maximum Gasteiger partial charge on any atom is 0.438 e. The Kier molecular flexibility index (Phi) is 3.99. The van der Waals surface area contributed by atoms with Crippen LogP contribution in [-0.4, -0.2) is 43.4 Å². The van der Waals surface area contributed by atoms with Gasteiger partial charge in [0.15, 0.2) is 0 Å². The van der Waals surface area contributed by atoms with Gasteiger partial charge in [0.1, 0.15) is 6.54 Å². The van der Waals surface area contributed by atoms with Crippen LogP contribution in [0.5, 0.6) is 0 Å². The third-order valence-electron chi connectivity index (χ3n) is 3.39. The van der Waals surface area contributed by atoms with Gasteiger partial charge in [0, 0.05) is 12.1 Å². The standard InChI is InChI=1S/C12H14ClF3N4O2/c1-6-4-11(22,12(14,15)16)20(17-6)9(21)5-19-8(3)10(13)7(2)18-19/h22H,4-5H2,1-3H3. The zero-order valence-electron chi connectivity index (χ0n) is 12.1. The van der Waals surface area contributed by atoms with Gasteiger partial charge in [-0.2, -0.15) is 28.4 Å². The fourth-order valence-electron chi connectivity index (χ4n) is 2.23. The van der Waals surface area contributed by atoms with Gasteiger partial charge in [0.2, 0.25) is 0 Å². The van der Waals surface area contributed by atoms with E-state index in [1.807, 2.05) is 0 Å². The van der Waals surface area contributed by atoms with Crippen molar-refractivity contribution in [2.45, 2.75) is 45.6 Å². The quantitative estimate of drug-likeness (QED) is 0.896. The van der Waals surface area contributed by atoms with E-state index < -0.39 is 30.8 Å². The van der Waals surface area contributed by atoms with Crippen molar-refractivity contribution in [2.75, 3.05) is 0 Å². The molecule has 0 radical (unpaired) electrons. The van der Waals surface area contributed by atoms with E-state index in [0.29, 0.717) is 16.4 Å². The van der Waals surface area contributed by atoms with Crippen molar-refractivity contribution in [1.29, 1.82) is 0 Å². The van der Waals surface area contributed by atoms with E-state index in [0.717, 1.165) is 0 Å². The van der Waals surface area contributed by atoms with E-state index in [4.69, 9.17) is 11.6 Å². The third-order valence-corrected chi connectivity index (χ3v) is 3.94. The number of hydrogen-bond donors (Lipinski definition) is 1. The van der Waals surface area contributed by atoms with E-state index in [-0.39, 0.29) is 10.7 Å². The van der Waals surface area contributed by atoms with Crippen LogP contribution < -0.4 is 0 Å². The highest BCUT2D eigenvalue weighted by Gasteiger charge is 2.62. The Morgan fingerprint density at radius 3 is 2.45 bits per heavy atom. The minimum absolute atomic E-state index is 0.0135. The van der Waals surface area contributed by atoms with Crippen molar-refractivity contribution in [3.8, 4) is 0 Å². The summed E-state index contributed by atoms with van der Waals surface area (Å²) in [6, 6.07) is 0. The molecular weight excluding hydrogens is 325 g/mol. The number of amides is 1. The number of alkyl halides is 3. The number of hydrazone groups is 1. The Balaban J connectivity index is 2.30. The SMILES string of the molecule is CC1=NN(C(=O)Cn2nc(C)c(Cl)c2C)C(O)(C(F)(F)F)C1. The van der Waals surface area contributed by atoms with E-state index in [1.54, 1.807) is 13.8 Å². The first-order chi connectivity index (χ1) is 9.97. The molecule has 1 unspecified atom stereocenters. The lowest BCUT2D eigenvalue weighted by Crippen LogP contribution is -2.57. The number of carbonyl (C=O) groups is 1. The molecule has 0 saturated heterocycles. The maximum atomic E-state index is 13.1. The molecule has 0 spiro atoms. The van der Waals surface area contributed by atoms with Gasteiger partial charge in [-0.05, 0) is 20.8 Å². The summed E-state index contributed by atoms with van der Waals surface area (Å²) in [6.07, 6.45) is -5.79. The zero-order valence-corrected chi connectivity index (χ0v) is 12.8. The van der Waals surface area contributed by atoms with Gasteiger partial charge in [0.05, 0.1) is 16.4 Å². The molecule has 122 valence electrons. The van der Waals surface area contributed by atoms with Crippen LogP contribution in [0.4, 0.5) is 13.2 Å². The van der Waals surface area contributed by atoms with E-state index in [2.05, 4.69) is 10.2 Å². The molecule has 1 aliphatic heterocycles. The number of halogens is 4. The molecule has 0 saturated carbocycles. The highest BCUT2D eigenvalue weighted by atomic mass is 35.5. The van der Waals surface area contributed by atoms with Crippen molar-refractivity contribution in [3.63, 3.8) is 0 Å². The van der Waals surface area contributed by atoms with Gasteiger partial charge in [0.25, 0.3) is 11.6 Å². The van der Waals surface area contributed by atoms with Gasteiger partial charge in [-0.15, -0.1) is 0 Å². The summed E-state index contributed by atoms with van der Waals surface area (Å²) in [5, 5.41) is 17.8. The van der Waals surface area contributed by atoms with Crippen molar-refractivity contribution in [1.82, 2.24) is 14.8 Å².